The molecule has 0 radical (unpaired) electrons. The Hall–Kier alpha value is -1.67. The number of hydrogen-bond acceptors (Lipinski definition) is 7. The quantitative estimate of drug-likeness (QED) is 0.793. The second kappa shape index (κ2) is 6.62. The van der Waals surface area contributed by atoms with Crippen molar-refractivity contribution < 1.29 is 14.3 Å². The number of amides is 1. The van der Waals surface area contributed by atoms with Gasteiger partial charge in [-0.05, 0) is 24.6 Å². The Balaban J connectivity index is 1.62. The number of ether oxygens (including phenoxy) is 1. The van der Waals surface area contributed by atoms with Crippen molar-refractivity contribution in [2.75, 3.05) is 26.0 Å². The highest BCUT2D eigenvalue weighted by molar-refractivity contribution is 8.00. The zero-order chi connectivity index (χ0) is 15.5. The molecule has 6 nitrogen and oxygen atoms in total. The lowest BCUT2D eigenvalue weighted by Crippen LogP contribution is -2.29. The van der Waals surface area contributed by atoms with Crippen molar-refractivity contribution in [1.82, 2.24) is 13.6 Å². The van der Waals surface area contributed by atoms with E-state index in [0.717, 1.165) is 29.2 Å². The van der Waals surface area contributed by atoms with E-state index in [1.54, 1.807) is 23.9 Å². The molecule has 2 heterocycles. The highest BCUT2D eigenvalue weighted by Gasteiger charge is 2.28. The van der Waals surface area contributed by atoms with Crippen LogP contribution in [-0.4, -0.2) is 56.7 Å². The molecule has 0 saturated carbocycles. The standard InChI is InChI=1S/C14H15N3O3S2/c1-20-13(18)8-21-10-4-5-17(7-10)14(19)9-2-3-11-12(6-9)16-22-15-11/h2-3,6,10H,4-5,7-8H2,1H3/t10-/m0/s1. The van der Waals surface area contributed by atoms with Gasteiger partial charge in [0.2, 0.25) is 0 Å². The number of benzene rings is 1. The van der Waals surface area contributed by atoms with Crippen molar-refractivity contribution in [3.05, 3.63) is 23.8 Å². The van der Waals surface area contributed by atoms with Crippen molar-refractivity contribution in [3.8, 4) is 0 Å². The zero-order valence-electron chi connectivity index (χ0n) is 12.0. The van der Waals surface area contributed by atoms with E-state index in [1.807, 2.05) is 11.0 Å². The second-order valence-corrected chi connectivity index (χ2v) is 6.83. The van der Waals surface area contributed by atoms with Gasteiger partial charge in [-0.25, -0.2) is 0 Å². The first-order valence-corrected chi connectivity index (χ1v) is 8.65. The molecule has 1 amide bonds. The summed E-state index contributed by atoms with van der Waals surface area (Å²) < 4.78 is 12.9. The summed E-state index contributed by atoms with van der Waals surface area (Å²) in [6.07, 6.45) is 0.897. The van der Waals surface area contributed by atoms with Crippen molar-refractivity contribution in [2.24, 2.45) is 0 Å². The molecule has 1 aromatic heterocycles. The van der Waals surface area contributed by atoms with Crippen molar-refractivity contribution in [1.29, 1.82) is 0 Å². The fraction of sp³-hybridized carbons (Fsp3) is 0.429. The number of aromatic nitrogens is 2. The highest BCUT2D eigenvalue weighted by atomic mass is 32.2. The maximum Gasteiger partial charge on any atom is 0.315 e. The maximum absolute atomic E-state index is 12.5. The average molecular weight is 337 g/mol. The minimum absolute atomic E-state index is 0.0102. The maximum atomic E-state index is 12.5. The number of nitrogens with zero attached hydrogens (tertiary/aromatic N) is 3. The number of rotatable bonds is 4. The van der Waals surface area contributed by atoms with Crippen LogP contribution in [0.15, 0.2) is 18.2 Å². The van der Waals surface area contributed by atoms with E-state index < -0.39 is 0 Å². The average Bonchev–Trinajstić information content (AvgIpc) is 3.19. The molecule has 1 atom stereocenters. The van der Waals surface area contributed by atoms with Crippen LogP contribution in [0.5, 0.6) is 0 Å². The number of fused-ring (bicyclic) bond motifs is 1. The molecule has 2 aromatic rings. The molecule has 1 fully saturated rings. The highest BCUT2D eigenvalue weighted by Crippen LogP contribution is 2.24. The van der Waals surface area contributed by atoms with Crippen LogP contribution in [0.1, 0.15) is 16.8 Å². The summed E-state index contributed by atoms with van der Waals surface area (Å²) in [5, 5.41) is 0.285. The van der Waals surface area contributed by atoms with Gasteiger partial charge in [0.05, 0.1) is 24.6 Å². The molecule has 22 heavy (non-hydrogen) atoms. The molecule has 0 bridgehead atoms. The third-order valence-corrected chi connectivity index (χ3v) is 5.41. The van der Waals surface area contributed by atoms with E-state index in [4.69, 9.17) is 0 Å². The Kier molecular flexibility index (Phi) is 4.58. The number of carbonyl (C=O) groups is 2. The molecule has 0 N–H and O–H groups in total. The fourth-order valence-corrected chi connectivity index (χ4v) is 3.96. The molecule has 1 aliphatic heterocycles. The topological polar surface area (TPSA) is 72.4 Å². The van der Waals surface area contributed by atoms with Crippen LogP contribution in [0.25, 0.3) is 11.0 Å². The van der Waals surface area contributed by atoms with Gasteiger partial charge >= 0.3 is 5.97 Å². The molecule has 0 aliphatic carbocycles. The summed E-state index contributed by atoms with van der Waals surface area (Å²) in [5.41, 5.74) is 2.21. The Morgan fingerprint density at radius 2 is 2.23 bits per heavy atom. The van der Waals surface area contributed by atoms with Crippen LogP contribution in [0.2, 0.25) is 0 Å². The van der Waals surface area contributed by atoms with E-state index >= 15 is 0 Å². The lowest BCUT2D eigenvalue weighted by Gasteiger charge is -2.16. The Morgan fingerprint density at radius 1 is 1.41 bits per heavy atom. The third kappa shape index (κ3) is 3.22. The summed E-state index contributed by atoms with van der Waals surface area (Å²) in [5.74, 6) is 0.118. The van der Waals surface area contributed by atoms with Crippen LogP contribution in [0, 0.1) is 0 Å². The van der Waals surface area contributed by atoms with Gasteiger partial charge in [-0.2, -0.15) is 8.75 Å². The molecule has 1 saturated heterocycles. The SMILES string of the molecule is COC(=O)CS[C@H]1CCN(C(=O)c2ccc3nsnc3c2)C1. The molecule has 1 aliphatic rings. The molecular formula is C14H15N3O3S2. The molecule has 8 heteroatoms. The van der Waals surface area contributed by atoms with Gasteiger partial charge in [0.25, 0.3) is 5.91 Å². The normalized spacial score (nSPS) is 17.9. The Labute approximate surface area is 136 Å². The van der Waals surface area contributed by atoms with Crippen LogP contribution in [0.3, 0.4) is 0 Å². The van der Waals surface area contributed by atoms with E-state index in [1.165, 1.54) is 7.11 Å². The van der Waals surface area contributed by atoms with Gasteiger partial charge in [0.15, 0.2) is 0 Å². The fourth-order valence-electron chi connectivity index (χ4n) is 2.39. The summed E-state index contributed by atoms with van der Waals surface area (Å²) in [6, 6.07) is 5.41. The summed E-state index contributed by atoms with van der Waals surface area (Å²) in [4.78, 5) is 25.5. The molecular weight excluding hydrogens is 322 g/mol. The summed E-state index contributed by atoms with van der Waals surface area (Å²) in [6.45, 7) is 1.37. The smallest absolute Gasteiger partial charge is 0.315 e. The molecule has 1 aromatic carbocycles. The number of thioether (sulfide) groups is 1. The first kappa shape index (κ1) is 15.2. The van der Waals surface area contributed by atoms with Crippen LogP contribution < -0.4 is 0 Å². The summed E-state index contributed by atoms with van der Waals surface area (Å²) in [7, 11) is 1.39. The van der Waals surface area contributed by atoms with Crippen molar-refractivity contribution >= 4 is 46.4 Å². The third-order valence-electron chi connectivity index (χ3n) is 3.60. The lowest BCUT2D eigenvalue weighted by atomic mass is 10.2. The Morgan fingerprint density at radius 3 is 3.05 bits per heavy atom. The van der Waals surface area contributed by atoms with Crippen LogP contribution in [-0.2, 0) is 9.53 Å². The van der Waals surface area contributed by atoms with Crippen molar-refractivity contribution in [3.63, 3.8) is 0 Å². The first-order valence-electron chi connectivity index (χ1n) is 6.87. The number of methoxy groups -OCH3 is 1. The molecule has 0 spiro atoms. The van der Waals surface area contributed by atoms with E-state index in [-0.39, 0.29) is 17.1 Å². The van der Waals surface area contributed by atoms with E-state index in [2.05, 4.69) is 13.5 Å². The van der Waals surface area contributed by atoms with Crippen LogP contribution >= 0.6 is 23.5 Å². The van der Waals surface area contributed by atoms with Gasteiger partial charge < -0.3 is 9.64 Å². The molecule has 3 rings (SSSR count). The van der Waals surface area contributed by atoms with Gasteiger partial charge in [-0.3, -0.25) is 9.59 Å². The second-order valence-electron chi connectivity index (χ2n) is 5.02. The number of likely N-dealkylation sites (tertiary alicyclic amines) is 1. The molecule has 0 unspecified atom stereocenters. The monoisotopic (exact) mass is 337 g/mol. The number of carbonyl (C=O) groups excluding carboxylic acids is 2. The Bertz CT molecular complexity index is 703. The predicted octanol–water partition coefficient (Wildman–Crippen LogP) is 1.81. The van der Waals surface area contributed by atoms with Gasteiger partial charge in [-0.15, -0.1) is 11.8 Å². The van der Waals surface area contributed by atoms with Gasteiger partial charge in [0.1, 0.15) is 11.0 Å². The molecule has 116 valence electrons. The zero-order valence-corrected chi connectivity index (χ0v) is 13.7. The van der Waals surface area contributed by atoms with Gasteiger partial charge in [0, 0.05) is 23.9 Å². The van der Waals surface area contributed by atoms with Crippen molar-refractivity contribution in [2.45, 2.75) is 11.7 Å². The minimum Gasteiger partial charge on any atom is -0.468 e. The summed E-state index contributed by atoms with van der Waals surface area (Å²) >= 11 is 2.69. The number of hydrogen-bond donors (Lipinski definition) is 0. The first-order chi connectivity index (χ1) is 10.7. The minimum atomic E-state index is -0.226. The lowest BCUT2D eigenvalue weighted by molar-refractivity contribution is -0.137. The predicted molar refractivity (Wildman–Crippen MR) is 86.2 cm³/mol. The van der Waals surface area contributed by atoms with E-state index in [0.29, 0.717) is 24.4 Å². The largest absolute Gasteiger partial charge is 0.468 e. The van der Waals surface area contributed by atoms with Gasteiger partial charge in [-0.1, -0.05) is 0 Å². The number of esters is 1. The van der Waals surface area contributed by atoms with E-state index in [9.17, 15) is 9.59 Å². The van der Waals surface area contributed by atoms with Crippen LogP contribution in [0.4, 0.5) is 0 Å².